The highest BCUT2D eigenvalue weighted by molar-refractivity contribution is 7.18. The van der Waals surface area contributed by atoms with Gasteiger partial charge in [-0.2, -0.15) is 0 Å². The number of carbonyl (C=O) groups is 2. The molecule has 0 aliphatic carbocycles. The zero-order valence-corrected chi connectivity index (χ0v) is 15.3. The van der Waals surface area contributed by atoms with Crippen LogP contribution in [0.2, 0.25) is 0 Å². The van der Waals surface area contributed by atoms with Crippen molar-refractivity contribution in [1.82, 2.24) is 4.90 Å². The lowest BCUT2D eigenvalue weighted by molar-refractivity contribution is -0.114. The highest BCUT2D eigenvalue weighted by Crippen LogP contribution is 2.39. The number of nitrogens with one attached hydrogen (secondary N) is 1. The Morgan fingerprint density at radius 2 is 1.96 bits per heavy atom. The predicted octanol–water partition coefficient (Wildman–Crippen LogP) is 3.46. The van der Waals surface area contributed by atoms with E-state index in [1.807, 2.05) is 23.1 Å². The van der Waals surface area contributed by atoms with Gasteiger partial charge in [0.05, 0.1) is 15.9 Å². The second-order valence-electron chi connectivity index (χ2n) is 6.40. The second-order valence-corrected chi connectivity index (χ2v) is 7.49. The molecule has 0 radical (unpaired) electrons. The van der Waals surface area contributed by atoms with Crippen LogP contribution in [0.3, 0.4) is 0 Å². The molecule has 26 heavy (non-hydrogen) atoms. The van der Waals surface area contributed by atoms with Crippen molar-refractivity contribution in [3.05, 3.63) is 40.8 Å². The molecule has 2 aliphatic rings. The summed E-state index contributed by atoms with van der Waals surface area (Å²) < 4.78 is 11.3. The zero-order chi connectivity index (χ0) is 18.1. The van der Waals surface area contributed by atoms with Gasteiger partial charge in [-0.15, -0.1) is 11.3 Å². The summed E-state index contributed by atoms with van der Waals surface area (Å²) >= 11 is 1.31. The van der Waals surface area contributed by atoms with E-state index in [1.54, 1.807) is 12.1 Å². The van der Waals surface area contributed by atoms with Gasteiger partial charge in [0.25, 0.3) is 5.91 Å². The topological polar surface area (TPSA) is 67.9 Å². The first-order chi connectivity index (χ1) is 12.6. The summed E-state index contributed by atoms with van der Waals surface area (Å²) in [6.45, 7) is 3.30. The van der Waals surface area contributed by atoms with E-state index in [1.165, 1.54) is 18.3 Å². The van der Waals surface area contributed by atoms with Crippen LogP contribution in [0.1, 0.15) is 41.0 Å². The molecule has 1 aromatic heterocycles. The van der Waals surface area contributed by atoms with E-state index >= 15 is 0 Å². The summed E-state index contributed by atoms with van der Waals surface area (Å²) in [5, 5.41) is 3.42. The lowest BCUT2D eigenvalue weighted by Gasteiger charge is -2.26. The van der Waals surface area contributed by atoms with Crippen molar-refractivity contribution in [3.8, 4) is 11.5 Å². The first-order valence-corrected chi connectivity index (χ1v) is 9.51. The number of fused-ring (bicyclic) bond motifs is 1. The van der Waals surface area contributed by atoms with Crippen LogP contribution in [0, 0.1) is 0 Å². The van der Waals surface area contributed by atoms with Gasteiger partial charge in [-0.3, -0.25) is 9.59 Å². The van der Waals surface area contributed by atoms with Gasteiger partial charge in [0.2, 0.25) is 5.91 Å². The Morgan fingerprint density at radius 1 is 1.15 bits per heavy atom. The first kappa shape index (κ1) is 16.9. The minimum Gasteiger partial charge on any atom is -0.486 e. The number of thiophene rings is 1. The van der Waals surface area contributed by atoms with Crippen molar-refractivity contribution in [2.24, 2.45) is 0 Å². The van der Waals surface area contributed by atoms with Gasteiger partial charge in [-0.1, -0.05) is 6.07 Å². The SMILES string of the molecule is CC(=O)Nc1ccc(C(=O)N2CCCC2c2ccc3c(c2)OCCO3)s1. The molecule has 0 bridgehead atoms. The third kappa shape index (κ3) is 3.26. The fourth-order valence-corrected chi connectivity index (χ4v) is 4.37. The minimum atomic E-state index is -0.138. The summed E-state index contributed by atoms with van der Waals surface area (Å²) in [5.41, 5.74) is 1.07. The van der Waals surface area contributed by atoms with Crippen molar-refractivity contribution in [2.75, 3.05) is 25.1 Å². The molecular formula is C19H20N2O4S. The number of hydrogen-bond acceptors (Lipinski definition) is 5. The number of rotatable bonds is 3. The molecule has 6 nitrogen and oxygen atoms in total. The summed E-state index contributed by atoms with van der Waals surface area (Å²) in [7, 11) is 0. The summed E-state index contributed by atoms with van der Waals surface area (Å²) in [4.78, 5) is 26.7. The van der Waals surface area contributed by atoms with E-state index in [9.17, 15) is 9.59 Å². The highest BCUT2D eigenvalue weighted by Gasteiger charge is 2.32. The van der Waals surface area contributed by atoms with Gasteiger partial charge >= 0.3 is 0 Å². The van der Waals surface area contributed by atoms with Crippen LogP contribution in [0.4, 0.5) is 5.00 Å². The second kappa shape index (κ2) is 6.99. The van der Waals surface area contributed by atoms with Crippen LogP contribution in [0.15, 0.2) is 30.3 Å². The summed E-state index contributed by atoms with van der Waals surface area (Å²) in [5.74, 6) is 1.37. The summed E-state index contributed by atoms with van der Waals surface area (Å²) in [6.07, 6.45) is 1.89. The van der Waals surface area contributed by atoms with Crippen molar-refractivity contribution in [1.29, 1.82) is 0 Å². The molecule has 3 heterocycles. The molecule has 1 atom stereocenters. The predicted molar refractivity (Wildman–Crippen MR) is 99.1 cm³/mol. The van der Waals surface area contributed by atoms with Crippen LogP contribution < -0.4 is 14.8 Å². The Bertz CT molecular complexity index is 848. The van der Waals surface area contributed by atoms with Crippen LogP contribution in [-0.2, 0) is 4.79 Å². The fourth-order valence-electron chi connectivity index (χ4n) is 3.46. The number of likely N-dealkylation sites (tertiary alicyclic amines) is 1. The number of anilines is 1. The third-order valence-electron chi connectivity index (χ3n) is 4.58. The molecule has 0 spiro atoms. The number of benzene rings is 1. The lowest BCUT2D eigenvalue weighted by Crippen LogP contribution is -2.30. The molecule has 1 N–H and O–H groups in total. The Hall–Kier alpha value is -2.54. The molecule has 2 aliphatic heterocycles. The van der Waals surface area contributed by atoms with E-state index in [0.29, 0.717) is 23.1 Å². The third-order valence-corrected chi connectivity index (χ3v) is 5.57. The number of nitrogens with zero attached hydrogens (tertiary/aromatic N) is 1. The smallest absolute Gasteiger partial charge is 0.264 e. The maximum atomic E-state index is 13.0. The van der Waals surface area contributed by atoms with Gasteiger partial charge in [-0.25, -0.2) is 0 Å². The maximum absolute atomic E-state index is 13.0. The molecule has 4 rings (SSSR count). The van der Waals surface area contributed by atoms with E-state index in [0.717, 1.165) is 36.4 Å². The minimum absolute atomic E-state index is 0.00370. The largest absolute Gasteiger partial charge is 0.486 e. The standard InChI is InChI=1S/C19H20N2O4S/c1-12(22)20-18-7-6-17(26-18)19(23)21-8-2-3-14(21)13-4-5-15-16(11-13)25-10-9-24-15/h4-7,11,14H,2-3,8-10H2,1H3,(H,20,22). The molecule has 2 amide bonds. The molecule has 2 aromatic rings. The average Bonchev–Trinajstić information content (AvgIpc) is 3.30. The number of amides is 2. The van der Waals surface area contributed by atoms with Crippen LogP contribution >= 0.6 is 11.3 Å². The van der Waals surface area contributed by atoms with Crippen molar-refractivity contribution >= 4 is 28.2 Å². The number of hydrogen-bond donors (Lipinski definition) is 1. The Morgan fingerprint density at radius 3 is 2.77 bits per heavy atom. The Labute approximate surface area is 155 Å². The van der Waals surface area contributed by atoms with Gasteiger partial charge < -0.3 is 19.7 Å². The van der Waals surface area contributed by atoms with Crippen molar-refractivity contribution in [2.45, 2.75) is 25.8 Å². The quantitative estimate of drug-likeness (QED) is 0.896. The molecule has 7 heteroatoms. The molecule has 1 saturated heterocycles. The first-order valence-electron chi connectivity index (χ1n) is 8.70. The van der Waals surface area contributed by atoms with Crippen LogP contribution in [0.25, 0.3) is 0 Å². The number of ether oxygens (including phenoxy) is 2. The average molecular weight is 372 g/mol. The molecule has 0 saturated carbocycles. The highest BCUT2D eigenvalue weighted by atomic mass is 32.1. The normalized spacial score (nSPS) is 18.7. The van der Waals surface area contributed by atoms with Crippen LogP contribution in [-0.4, -0.2) is 36.5 Å². The molecule has 1 fully saturated rings. The van der Waals surface area contributed by atoms with E-state index in [2.05, 4.69) is 5.32 Å². The molecule has 1 aromatic carbocycles. The number of carbonyl (C=O) groups excluding carboxylic acids is 2. The van der Waals surface area contributed by atoms with E-state index in [-0.39, 0.29) is 17.9 Å². The van der Waals surface area contributed by atoms with E-state index in [4.69, 9.17) is 9.47 Å². The zero-order valence-electron chi connectivity index (χ0n) is 14.5. The van der Waals surface area contributed by atoms with Gasteiger partial charge in [0.1, 0.15) is 13.2 Å². The van der Waals surface area contributed by atoms with Crippen molar-refractivity contribution in [3.63, 3.8) is 0 Å². The monoisotopic (exact) mass is 372 g/mol. The van der Waals surface area contributed by atoms with Gasteiger partial charge in [0, 0.05) is 13.5 Å². The molecule has 1 unspecified atom stereocenters. The maximum Gasteiger partial charge on any atom is 0.264 e. The fraction of sp³-hybridized carbons (Fsp3) is 0.368. The van der Waals surface area contributed by atoms with Gasteiger partial charge in [0.15, 0.2) is 11.5 Å². The van der Waals surface area contributed by atoms with Gasteiger partial charge in [-0.05, 0) is 42.7 Å². The lowest BCUT2D eigenvalue weighted by atomic mass is 10.0. The summed E-state index contributed by atoms with van der Waals surface area (Å²) in [6, 6.07) is 9.50. The van der Waals surface area contributed by atoms with E-state index < -0.39 is 0 Å². The Balaban J connectivity index is 1.55. The van der Waals surface area contributed by atoms with Crippen molar-refractivity contribution < 1.29 is 19.1 Å². The molecular weight excluding hydrogens is 352 g/mol. The van der Waals surface area contributed by atoms with Crippen LogP contribution in [0.5, 0.6) is 11.5 Å². The Kier molecular flexibility index (Phi) is 4.55. The molecule has 136 valence electrons.